The number of para-hydroxylation sites is 1. The van der Waals surface area contributed by atoms with Crippen LogP contribution < -0.4 is 10.6 Å². The molecule has 1 aromatic rings. The van der Waals surface area contributed by atoms with Gasteiger partial charge in [-0.25, -0.2) is 0 Å². The number of benzene rings is 1. The van der Waals surface area contributed by atoms with Crippen molar-refractivity contribution >= 4 is 42.3 Å². The summed E-state index contributed by atoms with van der Waals surface area (Å²) in [6, 6.07) is 8.29. The monoisotopic (exact) mass is 468 g/mol. The van der Waals surface area contributed by atoms with Gasteiger partial charge in [-0.3, -0.25) is 14.5 Å². The van der Waals surface area contributed by atoms with Crippen LogP contribution in [0.3, 0.4) is 0 Å². The first kappa shape index (κ1) is 24.3. The highest BCUT2D eigenvalue weighted by Crippen LogP contribution is 2.48. The normalized spacial score (nSPS) is 29.7. The summed E-state index contributed by atoms with van der Waals surface area (Å²) in [7, 11) is 0. The Kier molecular flexibility index (Phi) is 7.90. The Morgan fingerprint density at radius 3 is 2.39 bits per heavy atom. The van der Waals surface area contributed by atoms with Crippen molar-refractivity contribution in [1.29, 1.82) is 0 Å². The van der Waals surface area contributed by atoms with E-state index in [1.165, 1.54) is 18.4 Å². The van der Waals surface area contributed by atoms with Crippen molar-refractivity contribution < 1.29 is 9.59 Å². The minimum Gasteiger partial charge on any atom is -0.340 e. The molecule has 2 heterocycles. The number of anilines is 1. The molecule has 2 bridgehead atoms. The first-order valence-corrected chi connectivity index (χ1v) is 11.3. The van der Waals surface area contributed by atoms with Crippen LogP contribution in [0.4, 0.5) is 5.69 Å². The van der Waals surface area contributed by atoms with E-state index in [2.05, 4.69) is 17.0 Å². The Balaban J connectivity index is 0.00000136. The Morgan fingerprint density at radius 2 is 1.68 bits per heavy atom. The van der Waals surface area contributed by atoms with Crippen LogP contribution in [0.15, 0.2) is 24.3 Å². The maximum atomic E-state index is 13.1. The average molecular weight is 469 g/mol. The van der Waals surface area contributed by atoms with Gasteiger partial charge in [0.1, 0.15) is 0 Å². The summed E-state index contributed by atoms with van der Waals surface area (Å²) >= 11 is 0. The quantitative estimate of drug-likeness (QED) is 0.738. The van der Waals surface area contributed by atoms with Crippen LogP contribution in [0.1, 0.15) is 31.2 Å². The zero-order chi connectivity index (χ0) is 20.0. The number of aryl methyl sites for hydroxylation is 1. The molecule has 1 saturated heterocycles. The van der Waals surface area contributed by atoms with E-state index in [9.17, 15) is 9.59 Å². The zero-order valence-electron chi connectivity index (χ0n) is 17.9. The zero-order valence-corrected chi connectivity index (χ0v) is 19.6. The van der Waals surface area contributed by atoms with E-state index in [-0.39, 0.29) is 48.6 Å². The maximum Gasteiger partial charge on any atom is 0.241 e. The largest absolute Gasteiger partial charge is 0.340 e. The minimum absolute atomic E-state index is 0. The Hall–Kier alpha value is -1.34. The Morgan fingerprint density at radius 1 is 0.968 bits per heavy atom. The van der Waals surface area contributed by atoms with Crippen LogP contribution in [0, 0.1) is 17.8 Å². The number of rotatable bonds is 3. The summed E-state index contributed by atoms with van der Waals surface area (Å²) in [6.45, 7) is 4.19. The fourth-order valence-electron chi connectivity index (χ4n) is 6.11. The van der Waals surface area contributed by atoms with Gasteiger partial charge in [-0.15, -0.1) is 24.8 Å². The van der Waals surface area contributed by atoms with Crippen molar-refractivity contribution in [2.24, 2.45) is 23.5 Å². The number of hydrogen-bond donors (Lipinski definition) is 1. The summed E-state index contributed by atoms with van der Waals surface area (Å²) in [5.74, 6) is 1.53. The van der Waals surface area contributed by atoms with Crippen molar-refractivity contribution in [2.45, 2.75) is 38.1 Å². The molecular weight excluding hydrogens is 435 g/mol. The molecule has 0 spiro atoms. The van der Waals surface area contributed by atoms with Crippen LogP contribution in [0.5, 0.6) is 0 Å². The number of carbonyl (C=O) groups is 2. The summed E-state index contributed by atoms with van der Waals surface area (Å²) in [4.78, 5) is 32.2. The predicted octanol–water partition coefficient (Wildman–Crippen LogP) is 2.33. The molecule has 2 aliphatic heterocycles. The van der Waals surface area contributed by atoms with Gasteiger partial charge in [-0.05, 0) is 55.6 Å². The number of amides is 2. The number of hydrogen-bond acceptors (Lipinski definition) is 4. The molecule has 3 fully saturated rings. The lowest BCUT2D eigenvalue weighted by atomic mass is 9.84. The molecule has 0 radical (unpaired) electrons. The SMILES string of the molecule is Cl.Cl.NC1C2CCC(C2)C1C(=O)N1CCN(CC(=O)N2CCCc3ccccc32)CC1. The van der Waals surface area contributed by atoms with Gasteiger partial charge in [-0.1, -0.05) is 18.2 Å². The van der Waals surface area contributed by atoms with Crippen LogP contribution in [0.2, 0.25) is 0 Å². The van der Waals surface area contributed by atoms with Gasteiger partial charge in [0.05, 0.1) is 12.5 Å². The summed E-state index contributed by atoms with van der Waals surface area (Å²) < 4.78 is 0. The van der Waals surface area contributed by atoms with Crippen LogP contribution >= 0.6 is 24.8 Å². The van der Waals surface area contributed by atoms with E-state index < -0.39 is 0 Å². The molecule has 4 unspecified atom stereocenters. The molecule has 2 N–H and O–H groups in total. The number of piperazine rings is 1. The van der Waals surface area contributed by atoms with E-state index in [4.69, 9.17) is 5.73 Å². The van der Waals surface area contributed by atoms with E-state index >= 15 is 0 Å². The van der Waals surface area contributed by atoms with Gasteiger partial charge < -0.3 is 15.5 Å². The standard InChI is InChI=1S/C23H32N4O2.2ClH/c24-22-18-8-7-17(14-18)21(22)23(29)26-12-10-25(11-13-26)15-20(28)27-9-3-5-16-4-1-2-6-19(16)27;;/h1-2,4,6,17-18,21-22H,3,5,7-15,24H2;2*1H. The Labute approximate surface area is 197 Å². The predicted molar refractivity (Wildman–Crippen MR) is 127 cm³/mol. The molecule has 2 amide bonds. The minimum atomic E-state index is 0. The molecule has 6 nitrogen and oxygen atoms in total. The van der Waals surface area contributed by atoms with Crippen LogP contribution in [0.25, 0.3) is 0 Å². The third-order valence-electron chi connectivity index (χ3n) is 7.72. The topological polar surface area (TPSA) is 69.9 Å². The van der Waals surface area contributed by atoms with Gasteiger partial charge in [-0.2, -0.15) is 0 Å². The number of nitrogens with zero attached hydrogens (tertiary/aromatic N) is 3. The molecule has 8 heteroatoms. The van der Waals surface area contributed by atoms with Gasteiger partial charge in [0.2, 0.25) is 11.8 Å². The second-order valence-electron chi connectivity index (χ2n) is 9.32. The van der Waals surface area contributed by atoms with Gasteiger partial charge in [0.15, 0.2) is 0 Å². The second kappa shape index (κ2) is 10.1. The number of nitrogens with two attached hydrogens (primary N) is 1. The van der Waals surface area contributed by atoms with Crippen molar-refractivity contribution in [3.8, 4) is 0 Å². The molecule has 5 rings (SSSR count). The van der Waals surface area contributed by atoms with Crippen molar-refractivity contribution in [2.75, 3.05) is 44.2 Å². The lowest BCUT2D eigenvalue weighted by molar-refractivity contribution is -0.139. The molecule has 172 valence electrons. The number of carbonyl (C=O) groups excluding carboxylic acids is 2. The van der Waals surface area contributed by atoms with E-state index in [0.717, 1.165) is 44.6 Å². The van der Waals surface area contributed by atoms with Crippen molar-refractivity contribution in [3.05, 3.63) is 29.8 Å². The molecular formula is C23H34Cl2N4O2. The summed E-state index contributed by atoms with van der Waals surface area (Å²) in [5, 5.41) is 0. The van der Waals surface area contributed by atoms with Gasteiger partial charge in [0, 0.05) is 44.5 Å². The lowest BCUT2D eigenvalue weighted by Gasteiger charge is -2.39. The fraction of sp³-hybridized carbons (Fsp3) is 0.652. The van der Waals surface area contributed by atoms with Gasteiger partial charge >= 0.3 is 0 Å². The highest BCUT2D eigenvalue weighted by molar-refractivity contribution is 5.96. The third-order valence-corrected chi connectivity index (χ3v) is 7.72. The number of fused-ring (bicyclic) bond motifs is 3. The first-order valence-electron chi connectivity index (χ1n) is 11.3. The van der Waals surface area contributed by atoms with Gasteiger partial charge in [0.25, 0.3) is 0 Å². The van der Waals surface area contributed by atoms with Crippen LogP contribution in [-0.4, -0.2) is 66.9 Å². The summed E-state index contributed by atoms with van der Waals surface area (Å²) in [5.41, 5.74) is 8.72. The highest BCUT2D eigenvalue weighted by atomic mass is 35.5. The molecule has 0 aromatic heterocycles. The average Bonchev–Trinajstić information content (AvgIpc) is 3.35. The molecule has 2 saturated carbocycles. The Bertz CT molecular complexity index is 798. The van der Waals surface area contributed by atoms with Crippen LogP contribution in [-0.2, 0) is 16.0 Å². The maximum absolute atomic E-state index is 13.1. The van der Waals surface area contributed by atoms with E-state index in [0.29, 0.717) is 31.5 Å². The fourth-order valence-corrected chi connectivity index (χ4v) is 6.11. The lowest BCUT2D eigenvalue weighted by Crippen LogP contribution is -2.55. The van der Waals surface area contributed by atoms with E-state index in [1.807, 2.05) is 21.9 Å². The molecule has 31 heavy (non-hydrogen) atoms. The third kappa shape index (κ3) is 4.58. The first-order chi connectivity index (χ1) is 14.1. The molecule has 4 atom stereocenters. The summed E-state index contributed by atoms with van der Waals surface area (Å²) in [6.07, 6.45) is 5.58. The van der Waals surface area contributed by atoms with Crippen molar-refractivity contribution in [3.63, 3.8) is 0 Å². The highest BCUT2D eigenvalue weighted by Gasteiger charge is 2.50. The van der Waals surface area contributed by atoms with Crippen molar-refractivity contribution in [1.82, 2.24) is 9.80 Å². The smallest absolute Gasteiger partial charge is 0.241 e. The van der Waals surface area contributed by atoms with E-state index in [1.54, 1.807) is 0 Å². The number of halogens is 2. The molecule has 4 aliphatic rings. The second-order valence-corrected chi connectivity index (χ2v) is 9.32. The molecule has 2 aliphatic carbocycles. The molecule has 1 aromatic carbocycles.